The van der Waals surface area contributed by atoms with Gasteiger partial charge >= 0.3 is 0 Å². The molecule has 0 saturated carbocycles. The second-order valence-electron chi connectivity index (χ2n) is 4.73. The summed E-state index contributed by atoms with van der Waals surface area (Å²) in [5.41, 5.74) is 0.512. The Balaban J connectivity index is 0. The second kappa shape index (κ2) is 9.60. The van der Waals surface area contributed by atoms with Gasteiger partial charge in [-0.05, 0) is 24.2 Å². The molecule has 1 aliphatic heterocycles. The van der Waals surface area contributed by atoms with E-state index in [0.717, 1.165) is 5.92 Å². The molecule has 0 bridgehead atoms. The van der Waals surface area contributed by atoms with E-state index in [1.807, 2.05) is 27.7 Å². The predicted octanol–water partition coefficient (Wildman–Crippen LogP) is 4.59. The molecular formula is C13H32NP. The maximum Gasteiger partial charge on any atom is 0.00676 e. The van der Waals surface area contributed by atoms with Gasteiger partial charge in [-0.3, -0.25) is 4.67 Å². The van der Waals surface area contributed by atoms with Crippen LogP contribution in [0.4, 0.5) is 0 Å². The van der Waals surface area contributed by atoms with Crippen LogP contribution in [0.3, 0.4) is 0 Å². The van der Waals surface area contributed by atoms with E-state index in [1.165, 1.54) is 25.9 Å². The normalized spacial score (nSPS) is 25.2. The first-order valence-corrected chi connectivity index (χ1v) is 7.01. The topological polar surface area (TPSA) is 3.24 Å². The molecule has 0 amide bonds. The first-order valence-electron chi connectivity index (χ1n) is 6.49. The molecule has 1 rings (SSSR count). The lowest BCUT2D eigenvalue weighted by atomic mass is 9.84. The Kier molecular flexibility index (Phi) is 11.4. The van der Waals surface area contributed by atoms with Crippen LogP contribution in [0.2, 0.25) is 0 Å². The van der Waals surface area contributed by atoms with Gasteiger partial charge in [0.2, 0.25) is 0 Å². The Bertz CT molecular complexity index is 120. The molecule has 1 heterocycles. The van der Waals surface area contributed by atoms with E-state index in [1.54, 1.807) is 0 Å². The third-order valence-electron chi connectivity index (χ3n) is 2.44. The molecule has 2 atom stereocenters. The summed E-state index contributed by atoms with van der Waals surface area (Å²) in [6.07, 6.45) is 2.73. The van der Waals surface area contributed by atoms with Crippen LogP contribution in [0.15, 0.2) is 0 Å². The van der Waals surface area contributed by atoms with Gasteiger partial charge in [0.05, 0.1) is 0 Å². The Morgan fingerprint density at radius 2 is 1.60 bits per heavy atom. The fourth-order valence-electron chi connectivity index (χ4n) is 2.12. The maximum absolute atomic E-state index is 2.83. The smallest absolute Gasteiger partial charge is 0.00676 e. The highest BCUT2D eigenvalue weighted by molar-refractivity contribution is 7.13. The SMILES string of the molecule is CC.CC.CC1CCN(P)CC(C)(C)C1. The number of nitrogens with zero attached hydrogens (tertiary/aromatic N) is 1. The van der Waals surface area contributed by atoms with E-state index in [2.05, 4.69) is 34.8 Å². The molecule has 2 unspecified atom stereocenters. The highest BCUT2D eigenvalue weighted by atomic mass is 31.0. The van der Waals surface area contributed by atoms with Crippen LogP contribution < -0.4 is 0 Å². The van der Waals surface area contributed by atoms with E-state index < -0.39 is 0 Å². The first kappa shape index (κ1) is 17.8. The lowest BCUT2D eigenvalue weighted by Gasteiger charge is -2.27. The minimum atomic E-state index is 0.512. The summed E-state index contributed by atoms with van der Waals surface area (Å²) in [6, 6.07) is 0. The zero-order valence-corrected chi connectivity index (χ0v) is 13.1. The predicted molar refractivity (Wildman–Crippen MR) is 76.2 cm³/mol. The molecule has 0 spiro atoms. The van der Waals surface area contributed by atoms with E-state index >= 15 is 0 Å². The molecule has 15 heavy (non-hydrogen) atoms. The fourth-order valence-corrected chi connectivity index (χ4v) is 2.77. The van der Waals surface area contributed by atoms with Gasteiger partial charge in [-0.2, -0.15) is 0 Å². The molecule has 0 radical (unpaired) electrons. The van der Waals surface area contributed by atoms with Crippen LogP contribution in [0.25, 0.3) is 0 Å². The van der Waals surface area contributed by atoms with Gasteiger partial charge in [0, 0.05) is 13.1 Å². The standard InChI is InChI=1S/C9H20NP.2C2H6/c1-8-4-5-10(11)7-9(2,3)6-8;2*1-2/h8H,4-7,11H2,1-3H3;2*1-2H3. The quantitative estimate of drug-likeness (QED) is 0.553. The van der Waals surface area contributed by atoms with Crippen molar-refractivity contribution in [1.82, 2.24) is 4.67 Å². The largest absolute Gasteiger partial charge is 0.287 e. The van der Waals surface area contributed by atoms with Crippen molar-refractivity contribution in [2.24, 2.45) is 11.3 Å². The molecule has 0 N–H and O–H groups in total. The van der Waals surface area contributed by atoms with Crippen molar-refractivity contribution >= 4 is 9.39 Å². The van der Waals surface area contributed by atoms with Crippen molar-refractivity contribution in [3.05, 3.63) is 0 Å². The number of hydrogen-bond acceptors (Lipinski definition) is 1. The van der Waals surface area contributed by atoms with Gasteiger partial charge in [0.15, 0.2) is 0 Å². The highest BCUT2D eigenvalue weighted by Gasteiger charge is 2.26. The third-order valence-corrected chi connectivity index (χ3v) is 2.88. The summed E-state index contributed by atoms with van der Waals surface area (Å²) in [5.74, 6) is 0.899. The van der Waals surface area contributed by atoms with Gasteiger partial charge in [-0.25, -0.2) is 0 Å². The Labute approximate surface area is 100 Å². The van der Waals surface area contributed by atoms with Crippen LogP contribution in [0, 0.1) is 11.3 Å². The zero-order chi connectivity index (χ0) is 12.5. The molecule has 1 aliphatic rings. The van der Waals surface area contributed by atoms with Crippen LogP contribution in [0.1, 0.15) is 61.3 Å². The molecule has 1 fully saturated rings. The highest BCUT2D eigenvalue weighted by Crippen LogP contribution is 2.32. The van der Waals surface area contributed by atoms with E-state index in [4.69, 9.17) is 0 Å². The molecule has 0 aromatic rings. The third kappa shape index (κ3) is 9.33. The van der Waals surface area contributed by atoms with Crippen molar-refractivity contribution in [2.45, 2.75) is 61.3 Å². The lowest BCUT2D eigenvalue weighted by Crippen LogP contribution is -2.25. The molecule has 0 aliphatic carbocycles. The summed E-state index contributed by atoms with van der Waals surface area (Å²) in [5, 5.41) is 0. The van der Waals surface area contributed by atoms with Crippen molar-refractivity contribution in [3.63, 3.8) is 0 Å². The lowest BCUT2D eigenvalue weighted by molar-refractivity contribution is 0.266. The van der Waals surface area contributed by atoms with Crippen molar-refractivity contribution in [3.8, 4) is 0 Å². The van der Waals surface area contributed by atoms with Gasteiger partial charge in [-0.1, -0.05) is 57.9 Å². The molecule has 0 aromatic heterocycles. The molecule has 1 saturated heterocycles. The van der Waals surface area contributed by atoms with Crippen molar-refractivity contribution < 1.29 is 0 Å². The summed E-state index contributed by atoms with van der Waals surface area (Å²) in [7, 11) is 2.83. The summed E-state index contributed by atoms with van der Waals surface area (Å²) >= 11 is 0. The Morgan fingerprint density at radius 3 is 2.07 bits per heavy atom. The van der Waals surface area contributed by atoms with Crippen molar-refractivity contribution in [1.29, 1.82) is 0 Å². The molecule has 2 heteroatoms. The summed E-state index contributed by atoms with van der Waals surface area (Å²) in [6.45, 7) is 17.6. The Hall–Kier alpha value is 0.390. The second-order valence-corrected chi connectivity index (χ2v) is 5.46. The molecule has 1 nitrogen and oxygen atoms in total. The minimum Gasteiger partial charge on any atom is -0.287 e. The molecular weight excluding hydrogens is 201 g/mol. The molecule has 94 valence electrons. The van der Waals surface area contributed by atoms with Crippen LogP contribution in [-0.4, -0.2) is 17.8 Å². The molecule has 0 aromatic carbocycles. The van der Waals surface area contributed by atoms with E-state index in [0.29, 0.717) is 5.41 Å². The van der Waals surface area contributed by atoms with Crippen LogP contribution in [-0.2, 0) is 0 Å². The van der Waals surface area contributed by atoms with Gasteiger partial charge in [0.25, 0.3) is 0 Å². The summed E-state index contributed by atoms with van der Waals surface area (Å²) in [4.78, 5) is 0. The van der Waals surface area contributed by atoms with E-state index in [-0.39, 0.29) is 0 Å². The average Bonchev–Trinajstić information content (AvgIpc) is 2.30. The first-order chi connectivity index (χ1) is 6.99. The zero-order valence-electron chi connectivity index (χ0n) is 11.9. The van der Waals surface area contributed by atoms with Gasteiger partial charge in [-0.15, -0.1) is 0 Å². The summed E-state index contributed by atoms with van der Waals surface area (Å²) < 4.78 is 2.38. The number of hydrogen-bond donors (Lipinski definition) is 0. The van der Waals surface area contributed by atoms with Gasteiger partial charge < -0.3 is 0 Å². The van der Waals surface area contributed by atoms with E-state index in [9.17, 15) is 0 Å². The van der Waals surface area contributed by atoms with Crippen molar-refractivity contribution in [2.75, 3.05) is 13.1 Å². The van der Waals surface area contributed by atoms with Crippen LogP contribution in [0.5, 0.6) is 0 Å². The van der Waals surface area contributed by atoms with Crippen LogP contribution >= 0.6 is 9.39 Å². The Morgan fingerprint density at radius 1 is 1.13 bits per heavy atom. The fraction of sp³-hybridized carbons (Fsp3) is 1.00. The number of rotatable bonds is 0. The maximum atomic E-state index is 2.83. The monoisotopic (exact) mass is 233 g/mol. The van der Waals surface area contributed by atoms with Gasteiger partial charge in [0.1, 0.15) is 0 Å². The average molecular weight is 233 g/mol. The minimum absolute atomic E-state index is 0.512.